The normalized spacial score (nSPS) is 34.5. The van der Waals surface area contributed by atoms with Gasteiger partial charge in [-0.25, -0.2) is 0 Å². The molecule has 1 fully saturated rings. The standard InChI is InChI=1S/C16H20O2/c1-16(10-17)7-6-15-12(9-16)3-2-11-8-13(18)4-5-14(11)15/h4-5,8,10,12,15,18H,2-3,6-7,9H2,1H3/t12?,15?,16-/m0/s1. The van der Waals surface area contributed by atoms with Crippen LogP contribution in [-0.2, 0) is 11.2 Å². The van der Waals surface area contributed by atoms with E-state index in [0.717, 1.165) is 38.4 Å². The van der Waals surface area contributed by atoms with E-state index in [1.165, 1.54) is 11.1 Å². The number of aryl methyl sites for hydroxylation is 1. The van der Waals surface area contributed by atoms with Crippen molar-refractivity contribution in [3.05, 3.63) is 29.3 Å². The van der Waals surface area contributed by atoms with Crippen molar-refractivity contribution in [1.29, 1.82) is 0 Å². The van der Waals surface area contributed by atoms with Crippen LogP contribution in [-0.4, -0.2) is 11.4 Å². The Morgan fingerprint density at radius 1 is 1.39 bits per heavy atom. The molecule has 0 amide bonds. The Bertz CT molecular complexity index is 480. The van der Waals surface area contributed by atoms with Crippen molar-refractivity contribution in [3.8, 4) is 5.75 Å². The smallest absolute Gasteiger partial charge is 0.125 e. The van der Waals surface area contributed by atoms with E-state index in [0.29, 0.717) is 17.6 Å². The molecule has 0 bridgehead atoms. The first-order chi connectivity index (χ1) is 8.61. The van der Waals surface area contributed by atoms with Crippen LogP contribution in [0.5, 0.6) is 5.75 Å². The van der Waals surface area contributed by atoms with Gasteiger partial charge >= 0.3 is 0 Å². The van der Waals surface area contributed by atoms with Gasteiger partial charge in [-0.1, -0.05) is 13.0 Å². The molecule has 96 valence electrons. The molecule has 0 saturated heterocycles. The second-order valence-electron chi connectivity index (χ2n) is 6.30. The summed E-state index contributed by atoms with van der Waals surface area (Å²) in [6, 6.07) is 5.80. The quantitative estimate of drug-likeness (QED) is 0.768. The molecule has 2 unspecified atom stereocenters. The van der Waals surface area contributed by atoms with Crippen molar-refractivity contribution in [1.82, 2.24) is 0 Å². The number of aldehydes is 1. The highest BCUT2D eigenvalue weighted by molar-refractivity contribution is 5.59. The molecule has 18 heavy (non-hydrogen) atoms. The van der Waals surface area contributed by atoms with Gasteiger partial charge < -0.3 is 9.90 Å². The Labute approximate surface area is 108 Å². The van der Waals surface area contributed by atoms with Crippen LogP contribution in [0.2, 0.25) is 0 Å². The Balaban J connectivity index is 1.91. The molecule has 3 rings (SSSR count). The lowest BCUT2D eigenvalue weighted by atomic mass is 9.61. The van der Waals surface area contributed by atoms with Gasteiger partial charge in [0.25, 0.3) is 0 Å². The lowest BCUT2D eigenvalue weighted by Crippen LogP contribution is -2.34. The van der Waals surface area contributed by atoms with E-state index in [-0.39, 0.29) is 5.41 Å². The lowest BCUT2D eigenvalue weighted by Gasteiger charge is -2.43. The number of aromatic hydroxyl groups is 1. The summed E-state index contributed by atoms with van der Waals surface area (Å²) >= 11 is 0. The SMILES string of the molecule is C[C@]1(C=O)CCC2c3ccc(O)cc3CCC2C1. The zero-order chi connectivity index (χ0) is 12.8. The summed E-state index contributed by atoms with van der Waals surface area (Å²) in [5.74, 6) is 1.62. The number of fused-ring (bicyclic) bond motifs is 3. The van der Waals surface area contributed by atoms with Crippen LogP contribution in [0, 0.1) is 11.3 Å². The van der Waals surface area contributed by atoms with Crippen LogP contribution in [0.15, 0.2) is 18.2 Å². The molecule has 0 aromatic heterocycles. The number of phenolic OH excluding ortho intramolecular Hbond substituents is 1. The molecular weight excluding hydrogens is 224 g/mol. The van der Waals surface area contributed by atoms with Gasteiger partial charge in [-0.2, -0.15) is 0 Å². The van der Waals surface area contributed by atoms with Gasteiger partial charge in [0, 0.05) is 5.41 Å². The van der Waals surface area contributed by atoms with E-state index in [1.807, 2.05) is 6.07 Å². The molecular formula is C16H20O2. The van der Waals surface area contributed by atoms with Gasteiger partial charge in [0.2, 0.25) is 0 Å². The maximum atomic E-state index is 11.2. The Morgan fingerprint density at radius 3 is 3.00 bits per heavy atom. The highest BCUT2D eigenvalue weighted by atomic mass is 16.3. The van der Waals surface area contributed by atoms with Gasteiger partial charge in [-0.3, -0.25) is 0 Å². The van der Waals surface area contributed by atoms with E-state index in [4.69, 9.17) is 0 Å². The third kappa shape index (κ3) is 1.84. The van der Waals surface area contributed by atoms with Crippen LogP contribution in [0.4, 0.5) is 0 Å². The van der Waals surface area contributed by atoms with Crippen molar-refractivity contribution in [3.63, 3.8) is 0 Å². The summed E-state index contributed by atoms with van der Waals surface area (Å²) in [4.78, 5) is 11.2. The number of phenols is 1. The van der Waals surface area contributed by atoms with E-state index in [1.54, 1.807) is 6.07 Å². The minimum atomic E-state index is -0.102. The third-order valence-electron chi connectivity index (χ3n) is 4.92. The van der Waals surface area contributed by atoms with E-state index in [2.05, 4.69) is 13.0 Å². The molecule has 0 spiro atoms. The van der Waals surface area contributed by atoms with E-state index >= 15 is 0 Å². The third-order valence-corrected chi connectivity index (χ3v) is 4.92. The summed E-state index contributed by atoms with van der Waals surface area (Å²) in [5.41, 5.74) is 2.62. The first-order valence-corrected chi connectivity index (χ1v) is 6.89. The first-order valence-electron chi connectivity index (χ1n) is 6.89. The highest BCUT2D eigenvalue weighted by Crippen LogP contribution is 2.50. The molecule has 1 saturated carbocycles. The summed E-state index contributed by atoms with van der Waals surface area (Å²) in [5, 5.41) is 9.56. The van der Waals surface area contributed by atoms with Crippen LogP contribution in [0.3, 0.4) is 0 Å². The van der Waals surface area contributed by atoms with Crippen molar-refractivity contribution in [2.75, 3.05) is 0 Å². The van der Waals surface area contributed by atoms with Gasteiger partial charge in [0.05, 0.1) is 0 Å². The molecule has 1 aromatic rings. The number of carbonyl (C=O) groups is 1. The van der Waals surface area contributed by atoms with Crippen molar-refractivity contribution < 1.29 is 9.90 Å². The fourth-order valence-corrected chi connectivity index (χ4v) is 3.90. The molecule has 0 heterocycles. The molecule has 1 N–H and O–H groups in total. The summed E-state index contributed by atoms with van der Waals surface area (Å²) in [7, 11) is 0. The predicted molar refractivity (Wildman–Crippen MR) is 70.7 cm³/mol. The lowest BCUT2D eigenvalue weighted by molar-refractivity contribution is -0.118. The average Bonchev–Trinajstić information content (AvgIpc) is 2.38. The number of benzene rings is 1. The summed E-state index contributed by atoms with van der Waals surface area (Å²) in [6.45, 7) is 2.10. The predicted octanol–water partition coefficient (Wildman–Crippen LogP) is 3.43. The van der Waals surface area contributed by atoms with Gasteiger partial charge in [0.15, 0.2) is 0 Å². The Morgan fingerprint density at radius 2 is 2.22 bits per heavy atom. The molecule has 3 atom stereocenters. The van der Waals surface area contributed by atoms with Gasteiger partial charge in [0.1, 0.15) is 12.0 Å². The highest BCUT2D eigenvalue weighted by Gasteiger charge is 2.40. The van der Waals surface area contributed by atoms with Crippen LogP contribution in [0.1, 0.15) is 49.7 Å². The van der Waals surface area contributed by atoms with Gasteiger partial charge in [-0.15, -0.1) is 0 Å². The van der Waals surface area contributed by atoms with Crippen LogP contribution >= 0.6 is 0 Å². The van der Waals surface area contributed by atoms with Crippen molar-refractivity contribution in [2.24, 2.45) is 11.3 Å². The topological polar surface area (TPSA) is 37.3 Å². The molecule has 2 aliphatic rings. The Kier molecular flexibility index (Phi) is 2.69. The van der Waals surface area contributed by atoms with Crippen molar-refractivity contribution >= 4 is 6.29 Å². The Hall–Kier alpha value is -1.31. The molecule has 1 aromatic carbocycles. The molecule has 0 aliphatic heterocycles. The second-order valence-corrected chi connectivity index (χ2v) is 6.30. The number of rotatable bonds is 1. The number of hydrogen-bond donors (Lipinski definition) is 1. The maximum absolute atomic E-state index is 11.2. The fraction of sp³-hybridized carbons (Fsp3) is 0.562. The first kappa shape index (κ1) is 11.8. The van der Waals surface area contributed by atoms with Crippen LogP contribution in [0.25, 0.3) is 0 Å². The average molecular weight is 244 g/mol. The zero-order valence-corrected chi connectivity index (χ0v) is 10.9. The monoisotopic (exact) mass is 244 g/mol. The minimum Gasteiger partial charge on any atom is -0.508 e. The fourth-order valence-electron chi connectivity index (χ4n) is 3.90. The van der Waals surface area contributed by atoms with Gasteiger partial charge in [-0.05, 0) is 67.2 Å². The number of carbonyl (C=O) groups excluding carboxylic acids is 1. The molecule has 2 nitrogen and oxygen atoms in total. The largest absolute Gasteiger partial charge is 0.508 e. The zero-order valence-electron chi connectivity index (χ0n) is 10.9. The molecule has 2 aliphatic carbocycles. The minimum absolute atomic E-state index is 0.102. The van der Waals surface area contributed by atoms with E-state index < -0.39 is 0 Å². The summed E-state index contributed by atoms with van der Waals surface area (Å²) in [6.07, 6.45) is 6.50. The van der Waals surface area contributed by atoms with Crippen LogP contribution < -0.4 is 0 Å². The molecule has 2 heteroatoms. The van der Waals surface area contributed by atoms with E-state index in [9.17, 15) is 9.90 Å². The summed E-state index contributed by atoms with van der Waals surface area (Å²) < 4.78 is 0. The number of hydrogen-bond acceptors (Lipinski definition) is 2. The maximum Gasteiger partial charge on any atom is 0.125 e. The molecule has 0 radical (unpaired) electrons. The second kappa shape index (κ2) is 4.11. The van der Waals surface area contributed by atoms with Crippen molar-refractivity contribution in [2.45, 2.75) is 44.9 Å².